The second-order valence-corrected chi connectivity index (χ2v) is 5.87. The smallest absolute Gasteiger partial charge is 0.326 e. The van der Waals surface area contributed by atoms with Gasteiger partial charge in [-0.3, -0.25) is 4.79 Å². The van der Waals surface area contributed by atoms with E-state index in [-0.39, 0.29) is 18.7 Å². The molecule has 3 rings (SSSR count). The highest BCUT2D eigenvalue weighted by molar-refractivity contribution is 5.85. The highest BCUT2D eigenvalue weighted by Crippen LogP contribution is 2.25. The first-order chi connectivity index (χ1) is 11.6. The van der Waals surface area contributed by atoms with Crippen LogP contribution in [0.3, 0.4) is 0 Å². The van der Waals surface area contributed by atoms with Crippen molar-refractivity contribution in [1.82, 2.24) is 5.32 Å². The number of amides is 1. The summed E-state index contributed by atoms with van der Waals surface area (Å²) < 4.78 is 5.44. The van der Waals surface area contributed by atoms with Crippen LogP contribution in [0, 0.1) is 0 Å². The van der Waals surface area contributed by atoms with Crippen LogP contribution in [0.5, 0.6) is 5.75 Å². The van der Waals surface area contributed by atoms with Crippen molar-refractivity contribution in [2.45, 2.75) is 25.3 Å². The molecule has 0 bridgehead atoms. The normalized spacial score (nSPS) is 13.7. The van der Waals surface area contributed by atoms with Gasteiger partial charge in [-0.15, -0.1) is 0 Å². The second-order valence-electron chi connectivity index (χ2n) is 5.87. The van der Waals surface area contributed by atoms with E-state index in [4.69, 9.17) is 4.74 Å². The highest BCUT2D eigenvalue weighted by atomic mass is 16.5. The van der Waals surface area contributed by atoms with E-state index in [1.807, 2.05) is 48.5 Å². The van der Waals surface area contributed by atoms with E-state index in [1.54, 1.807) is 0 Å². The van der Waals surface area contributed by atoms with E-state index in [2.05, 4.69) is 5.32 Å². The van der Waals surface area contributed by atoms with Crippen molar-refractivity contribution in [3.63, 3.8) is 0 Å². The molecule has 2 aromatic rings. The van der Waals surface area contributed by atoms with Gasteiger partial charge in [-0.1, -0.05) is 42.5 Å². The Bertz CT molecular complexity index is 742. The van der Waals surface area contributed by atoms with Crippen molar-refractivity contribution in [3.05, 3.63) is 65.2 Å². The maximum Gasteiger partial charge on any atom is 0.326 e. The lowest BCUT2D eigenvalue weighted by molar-refractivity contribution is -0.141. The fraction of sp³-hybridized carbons (Fsp3) is 0.263. The molecule has 1 aliphatic rings. The summed E-state index contributed by atoms with van der Waals surface area (Å²) in [6, 6.07) is 14.0. The Kier molecular flexibility index (Phi) is 4.79. The Morgan fingerprint density at radius 2 is 1.92 bits per heavy atom. The number of carboxylic acid groups (broad SMARTS) is 1. The minimum Gasteiger partial charge on any atom is -0.493 e. The summed E-state index contributed by atoms with van der Waals surface area (Å²) in [5.41, 5.74) is 2.83. The largest absolute Gasteiger partial charge is 0.493 e. The molecular formula is C19H19NO4. The van der Waals surface area contributed by atoms with E-state index >= 15 is 0 Å². The van der Waals surface area contributed by atoms with Crippen molar-refractivity contribution >= 4 is 11.9 Å². The molecule has 0 radical (unpaired) electrons. The molecule has 0 spiro atoms. The number of benzene rings is 2. The number of hydrogen-bond acceptors (Lipinski definition) is 3. The summed E-state index contributed by atoms with van der Waals surface area (Å²) in [6.45, 7) is 0.670. The average Bonchev–Trinajstić information content (AvgIpc) is 3.02. The maximum atomic E-state index is 12.2. The Hall–Kier alpha value is -2.82. The van der Waals surface area contributed by atoms with Gasteiger partial charge in [0.05, 0.1) is 13.0 Å². The van der Waals surface area contributed by atoms with Crippen LogP contribution >= 0.6 is 0 Å². The highest BCUT2D eigenvalue weighted by Gasteiger charge is 2.21. The number of rotatable bonds is 6. The third-order valence-electron chi connectivity index (χ3n) is 4.03. The fourth-order valence-corrected chi connectivity index (χ4v) is 2.83. The quantitative estimate of drug-likeness (QED) is 0.851. The van der Waals surface area contributed by atoms with Gasteiger partial charge < -0.3 is 15.2 Å². The summed E-state index contributed by atoms with van der Waals surface area (Å²) in [7, 11) is 0. The van der Waals surface area contributed by atoms with E-state index in [9.17, 15) is 14.7 Å². The van der Waals surface area contributed by atoms with E-state index in [0.29, 0.717) is 6.61 Å². The second kappa shape index (κ2) is 7.17. The van der Waals surface area contributed by atoms with Crippen LogP contribution in [0.1, 0.15) is 16.7 Å². The van der Waals surface area contributed by atoms with Crippen LogP contribution in [0.25, 0.3) is 0 Å². The molecule has 24 heavy (non-hydrogen) atoms. The molecule has 1 aliphatic heterocycles. The molecule has 1 heterocycles. The number of carbonyl (C=O) groups excluding carboxylic acids is 1. The molecule has 5 heteroatoms. The molecule has 0 saturated carbocycles. The average molecular weight is 325 g/mol. The molecule has 1 amide bonds. The summed E-state index contributed by atoms with van der Waals surface area (Å²) in [4.78, 5) is 23.6. The molecule has 0 aliphatic carbocycles. The number of aliphatic carboxylic acids is 1. The summed E-state index contributed by atoms with van der Waals surface area (Å²) in [5, 5.41) is 12.0. The Labute approximate surface area is 140 Å². The number of carboxylic acids is 1. The van der Waals surface area contributed by atoms with Crippen LogP contribution in [-0.2, 0) is 28.9 Å². The predicted octanol–water partition coefficient (Wildman–Crippen LogP) is 1.98. The SMILES string of the molecule is O=C(Cc1ccc2c(c1)CCO2)N[C@H](Cc1ccccc1)C(=O)O. The molecule has 2 aromatic carbocycles. The van der Waals surface area contributed by atoms with Crippen molar-refractivity contribution < 1.29 is 19.4 Å². The lowest BCUT2D eigenvalue weighted by Crippen LogP contribution is -2.43. The van der Waals surface area contributed by atoms with Gasteiger partial charge in [-0.25, -0.2) is 4.79 Å². The Morgan fingerprint density at radius 1 is 1.12 bits per heavy atom. The lowest BCUT2D eigenvalue weighted by atomic mass is 10.0. The van der Waals surface area contributed by atoms with Crippen LogP contribution < -0.4 is 10.1 Å². The van der Waals surface area contributed by atoms with Crippen LogP contribution in [0.4, 0.5) is 0 Å². The maximum absolute atomic E-state index is 12.2. The van der Waals surface area contributed by atoms with Gasteiger partial charge in [-0.05, 0) is 22.8 Å². The Balaban J connectivity index is 1.62. The van der Waals surface area contributed by atoms with Gasteiger partial charge in [-0.2, -0.15) is 0 Å². The van der Waals surface area contributed by atoms with Crippen molar-refractivity contribution in [2.75, 3.05) is 6.61 Å². The first kappa shape index (κ1) is 16.1. The van der Waals surface area contributed by atoms with E-state index in [1.165, 1.54) is 0 Å². The molecule has 0 fully saturated rings. The van der Waals surface area contributed by atoms with Crippen molar-refractivity contribution in [2.24, 2.45) is 0 Å². The third-order valence-corrected chi connectivity index (χ3v) is 4.03. The van der Waals surface area contributed by atoms with Crippen LogP contribution in [0.2, 0.25) is 0 Å². The molecular weight excluding hydrogens is 306 g/mol. The summed E-state index contributed by atoms with van der Waals surface area (Å²) in [5.74, 6) is -0.460. The fourth-order valence-electron chi connectivity index (χ4n) is 2.83. The molecule has 2 N–H and O–H groups in total. The predicted molar refractivity (Wildman–Crippen MR) is 89.1 cm³/mol. The standard InChI is InChI=1S/C19H19NO4/c21-18(12-14-6-7-17-15(10-14)8-9-24-17)20-16(19(22)23)11-13-4-2-1-3-5-13/h1-7,10,16H,8-9,11-12H2,(H,20,21)(H,22,23)/t16-/m1/s1. The first-order valence-electron chi connectivity index (χ1n) is 7.92. The minimum absolute atomic E-state index is 0.159. The Morgan fingerprint density at radius 3 is 2.67 bits per heavy atom. The van der Waals surface area contributed by atoms with Gasteiger partial charge in [0.2, 0.25) is 5.91 Å². The zero-order valence-corrected chi connectivity index (χ0v) is 13.2. The van der Waals surface area contributed by atoms with Gasteiger partial charge in [0.1, 0.15) is 11.8 Å². The summed E-state index contributed by atoms with van der Waals surface area (Å²) >= 11 is 0. The van der Waals surface area contributed by atoms with Gasteiger partial charge in [0.15, 0.2) is 0 Å². The van der Waals surface area contributed by atoms with Crippen LogP contribution in [-0.4, -0.2) is 29.6 Å². The number of carbonyl (C=O) groups is 2. The molecule has 0 saturated heterocycles. The monoisotopic (exact) mass is 325 g/mol. The van der Waals surface area contributed by atoms with Crippen LogP contribution in [0.15, 0.2) is 48.5 Å². The number of fused-ring (bicyclic) bond motifs is 1. The third kappa shape index (κ3) is 3.93. The zero-order valence-electron chi connectivity index (χ0n) is 13.2. The van der Waals surface area contributed by atoms with Gasteiger partial charge in [0.25, 0.3) is 0 Å². The molecule has 0 aromatic heterocycles. The van der Waals surface area contributed by atoms with Gasteiger partial charge >= 0.3 is 5.97 Å². The van der Waals surface area contributed by atoms with E-state index in [0.717, 1.165) is 28.9 Å². The molecule has 0 unspecified atom stereocenters. The molecule has 124 valence electrons. The van der Waals surface area contributed by atoms with E-state index < -0.39 is 12.0 Å². The number of ether oxygens (including phenoxy) is 1. The van der Waals surface area contributed by atoms with Gasteiger partial charge in [0, 0.05) is 12.8 Å². The number of nitrogens with one attached hydrogen (secondary N) is 1. The summed E-state index contributed by atoms with van der Waals surface area (Å²) in [6.07, 6.45) is 1.27. The van der Waals surface area contributed by atoms with Crippen molar-refractivity contribution in [1.29, 1.82) is 0 Å². The zero-order chi connectivity index (χ0) is 16.9. The minimum atomic E-state index is -1.03. The lowest BCUT2D eigenvalue weighted by Gasteiger charge is -2.15. The van der Waals surface area contributed by atoms with Crippen molar-refractivity contribution in [3.8, 4) is 5.75 Å². The number of hydrogen-bond donors (Lipinski definition) is 2. The topological polar surface area (TPSA) is 75.6 Å². The molecule has 1 atom stereocenters. The first-order valence-corrected chi connectivity index (χ1v) is 7.92. The molecule has 5 nitrogen and oxygen atoms in total.